The maximum Gasteiger partial charge on any atom is 0.241 e. The second-order valence-corrected chi connectivity index (χ2v) is 10.5. The highest BCUT2D eigenvalue weighted by molar-refractivity contribution is 7.89. The molecule has 3 rings (SSSR count). The molecular formula is C28H34N2O5S. The Hall–Kier alpha value is -3.36. The van der Waals surface area contributed by atoms with Crippen molar-refractivity contribution in [3.05, 3.63) is 88.5 Å². The first-order valence-corrected chi connectivity index (χ1v) is 13.3. The van der Waals surface area contributed by atoms with Gasteiger partial charge in [0.25, 0.3) is 0 Å². The van der Waals surface area contributed by atoms with Gasteiger partial charge in [0.15, 0.2) is 11.5 Å². The molecular weight excluding hydrogens is 476 g/mol. The molecule has 0 saturated heterocycles. The van der Waals surface area contributed by atoms with Crippen LogP contribution in [0.1, 0.15) is 27.8 Å². The molecule has 7 nitrogen and oxygen atoms in total. The van der Waals surface area contributed by atoms with E-state index in [2.05, 4.69) is 10.0 Å². The van der Waals surface area contributed by atoms with Crippen molar-refractivity contribution in [1.82, 2.24) is 10.0 Å². The number of ether oxygens (including phenoxy) is 2. The number of methoxy groups -OCH3 is 2. The van der Waals surface area contributed by atoms with Crippen molar-refractivity contribution in [1.29, 1.82) is 0 Å². The number of aryl methyl sites for hydroxylation is 3. The molecule has 3 aromatic rings. The fourth-order valence-corrected chi connectivity index (χ4v) is 6.01. The predicted molar refractivity (Wildman–Crippen MR) is 141 cm³/mol. The number of hydrogen-bond acceptors (Lipinski definition) is 5. The molecule has 0 radical (unpaired) electrons. The van der Waals surface area contributed by atoms with Crippen LogP contribution in [0.25, 0.3) is 0 Å². The summed E-state index contributed by atoms with van der Waals surface area (Å²) in [6, 6.07) is 17.6. The molecule has 0 heterocycles. The summed E-state index contributed by atoms with van der Waals surface area (Å²) in [7, 11) is -0.793. The van der Waals surface area contributed by atoms with E-state index in [1.54, 1.807) is 28.1 Å². The van der Waals surface area contributed by atoms with Crippen molar-refractivity contribution in [3.8, 4) is 11.5 Å². The van der Waals surface area contributed by atoms with E-state index in [1.165, 1.54) is 0 Å². The molecule has 2 N–H and O–H groups in total. The Morgan fingerprint density at radius 1 is 0.861 bits per heavy atom. The van der Waals surface area contributed by atoms with Crippen LogP contribution in [-0.2, 0) is 27.7 Å². The summed E-state index contributed by atoms with van der Waals surface area (Å²) in [5.41, 5.74) is 4.09. The van der Waals surface area contributed by atoms with Crippen molar-refractivity contribution in [2.24, 2.45) is 0 Å². The minimum Gasteiger partial charge on any atom is -0.493 e. The van der Waals surface area contributed by atoms with Gasteiger partial charge in [0.1, 0.15) is 6.04 Å². The lowest BCUT2D eigenvalue weighted by Crippen LogP contribution is -2.48. The molecule has 0 aromatic heterocycles. The first-order chi connectivity index (χ1) is 17.1. The van der Waals surface area contributed by atoms with E-state index in [1.807, 2.05) is 67.6 Å². The lowest BCUT2D eigenvalue weighted by molar-refractivity contribution is -0.122. The Kier molecular flexibility index (Phi) is 9.12. The third-order valence-corrected chi connectivity index (χ3v) is 7.71. The van der Waals surface area contributed by atoms with Crippen molar-refractivity contribution in [2.75, 3.05) is 20.8 Å². The zero-order valence-electron chi connectivity index (χ0n) is 21.4. The van der Waals surface area contributed by atoms with Gasteiger partial charge in [0, 0.05) is 6.54 Å². The van der Waals surface area contributed by atoms with Crippen LogP contribution in [-0.4, -0.2) is 41.1 Å². The molecule has 3 aromatic carbocycles. The van der Waals surface area contributed by atoms with E-state index >= 15 is 0 Å². The van der Waals surface area contributed by atoms with Crippen molar-refractivity contribution < 1.29 is 22.7 Å². The highest BCUT2D eigenvalue weighted by Crippen LogP contribution is 2.27. The molecule has 192 valence electrons. The molecule has 0 fully saturated rings. The van der Waals surface area contributed by atoms with E-state index in [9.17, 15) is 13.2 Å². The summed E-state index contributed by atoms with van der Waals surface area (Å²) in [4.78, 5) is 13.4. The highest BCUT2D eigenvalue weighted by Gasteiger charge is 2.28. The van der Waals surface area contributed by atoms with Crippen LogP contribution in [0.15, 0.2) is 65.6 Å². The number of benzene rings is 3. The Bertz CT molecular complexity index is 1280. The molecule has 0 spiro atoms. The zero-order chi connectivity index (χ0) is 26.3. The van der Waals surface area contributed by atoms with E-state index in [4.69, 9.17) is 9.47 Å². The molecule has 8 heteroatoms. The Labute approximate surface area is 213 Å². The van der Waals surface area contributed by atoms with Gasteiger partial charge < -0.3 is 14.8 Å². The summed E-state index contributed by atoms with van der Waals surface area (Å²) in [6.45, 7) is 5.80. The third-order valence-electron chi connectivity index (χ3n) is 5.93. The molecule has 0 aliphatic carbocycles. The molecule has 0 aliphatic heterocycles. The first kappa shape index (κ1) is 27.2. The molecule has 1 atom stereocenters. The number of carbonyl (C=O) groups excluding carboxylic acids is 1. The molecule has 0 aliphatic rings. The van der Waals surface area contributed by atoms with E-state index in [-0.39, 0.29) is 17.2 Å². The maximum atomic E-state index is 13.4. The van der Waals surface area contributed by atoms with Crippen LogP contribution < -0.4 is 19.5 Å². The lowest BCUT2D eigenvalue weighted by atomic mass is 10.1. The van der Waals surface area contributed by atoms with Crippen LogP contribution in [0.2, 0.25) is 0 Å². The summed E-state index contributed by atoms with van der Waals surface area (Å²) in [5, 5.41) is 2.89. The number of carbonyl (C=O) groups is 1. The quantitative estimate of drug-likeness (QED) is 0.408. The average molecular weight is 511 g/mol. The van der Waals surface area contributed by atoms with Crippen molar-refractivity contribution in [3.63, 3.8) is 0 Å². The average Bonchev–Trinajstić information content (AvgIpc) is 2.83. The van der Waals surface area contributed by atoms with Gasteiger partial charge in [-0.3, -0.25) is 4.79 Å². The highest BCUT2D eigenvalue weighted by atomic mass is 32.2. The van der Waals surface area contributed by atoms with Gasteiger partial charge in [-0.05, 0) is 68.0 Å². The first-order valence-electron chi connectivity index (χ1n) is 11.8. The fourth-order valence-electron chi connectivity index (χ4n) is 4.36. The summed E-state index contributed by atoms with van der Waals surface area (Å²) in [6.07, 6.45) is 0.777. The molecule has 36 heavy (non-hydrogen) atoms. The Morgan fingerprint density at radius 3 is 2.11 bits per heavy atom. The van der Waals surface area contributed by atoms with Crippen LogP contribution in [0.3, 0.4) is 0 Å². The normalized spacial score (nSPS) is 12.1. The SMILES string of the molecule is COc1ccc(CCNC(=O)[C@H](Cc2ccccc2)NS(=O)(=O)c2c(C)cc(C)cc2C)cc1OC. The van der Waals surface area contributed by atoms with Gasteiger partial charge in [-0.1, -0.05) is 54.1 Å². The topological polar surface area (TPSA) is 93.7 Å². The largest absolute Gasteiger partial charge is 0.493 e. The summed E-state index contributed by atoms with van der Waals surface area (Å²) >= 11 is 0. The fraction of sp³-hybridized carbons (Fsp3) is 0.321. The summed E-state index contributed by atoms with van der Waals surface area (Å²) < 4.78 is 40.1. The van der Waals surface area contributed by atoms with E-state index in [0.29, 0.717) is 35.6 Å². The van der Waals surface area contributed by atoms with Gasteiger partial charge in [0.2, 0.25) is 15.9 Å². The minimum atomic E-state index is -3.94. The van der Waals surface area contributed by atoms with Crippen LogP contribution in [0.4, 0.5) is 0 Å². The van der Waals surface area contributed by atoms with Crippen LogP contribution in [0, 0.1) is 20.8 Å². The number of sulfonamides is 1. The Morgan fingerprint density at radius 2 is 1.50 bits per heavy atom. The van der Waals surface area contributed by atoms with E-state index in [0.717, 1.165) is 16.7 Å². The monoisotopic (exact) mass is 510 g/mol. The maximum absolute atomic E-state index is 13.4. The van der Waals surface area contributed by atoms with Gasteiger partial charge in [-0.25, -0.2) is 8.42 Å². The number of hydrogen-bond donors (Lipinski definition) is 2. The smallest absolute Gasteiger partial charge is 0.241 e. The molecule has 0 unspecified atom stereocenters. The number of amides is 1. The van der Waals surface area contributed by atoms with Gasteiger partial charge in [-0.2, -0.15) is 4.72 Å². The minimum absolute atomic E-state index is 0.212. The van der Waals surface area contributed by atoms with Gasteiger partial charge in [0.05, 0.1) is 19.1 Å². The van der Waals surface area contributed by atoms with Crippen LogP contribution >= 0.6 is 0 Å². The summed E-state index contributed by atoms with van der Waals surface area (Å²) in [5.74, 6) is 0.856. The lowest BCUT2D eigenvalue weighted by Gasteiger charge is -2.21. The van der Waals surface area contributed by atoms with Crippen molar-refractivity contribution >= 4 is 15.9 Å². The van der Waals surface area contributed by atoms with Gasteiger partial charge in [-0.15, -0.1) is 0 Å². The zero-order valence-corrected chi connectivity index (χ0v) is 22.2. The predicted octanol–water partition coefficient (Wildman–Crippen LogP) is 3.88. The van der Waals surface area contributed by atoms with E-state index < -0.39 is 16.1 Å². The number of nitrogens with one attached hydrogen (secondary N) is 2. The second kappa shape index (κ2) is 12.1. The van der Waals surface area contributed by atoms with Gasteiger partial charge >= 0.3 is 0 Å². The third kappa shape index (κ3) is 6.86. The number of rotatable bonds is 11. The molecule has 1 amide bonds. The van der Waals surface area contributed by atoms with Crippen molar-refractivity contribution in [2.45, 2.75) is 44.6 Å². The molecule has 0 bridgehead atoms. The standard InChI is InChI=1S/C28H34N2O5S/c1-19-15-20(2)27(21(3)16-19)36(32,33)30-24(17-22-9-7-6-8-10-22)28(31)29-14-13-23-11-12-25(34-4)26(18-23)35-5/h6-12,15-16,18,24,30H,13-14,17H2,1-5H3,(H,29,31)/t24-/m0/s1. The Balaban J connectivity index is 1.78. The molecule has 0 saturated carbocycles. The second-order valence-electron chi connectivity index (χ2n) is 8.82. The van der Waals surface area contributed by atoms with Crippen LogP contribution in [0.5, 0.6) is 11.5 Å².